The van der Waals surface area contributed by atoms with Crippen LogP contribution in [0.25, 0.3) is 10.9 Å². The van der Waals surface area contributed by atoms with Crippen molar-refractivity contribution in [1.82, 2.24) is 20.9 Å². The van der Waals surface area contributed by atoms with Crippen molar-refractivity contribution >= 4 is 34.6 Å². The summed E-state index contributed by atoms with van der Waals surface area (Å²) < 4.78 is 0. The van der Waals surface area contributed by atoms with Gasteiger partial charge in [0, 0.05) is 29.9 Å². The first-order chi connectivity index (χ1) is 20.0. The van der Waals surface area contributed by atoms with Gasteiger partial charge in [-0.3, -0.25) is 14.4 Å². The van der Waals surface area contributed by atoms with Crippen molar-refractivity contribution in [3.05, 3.63) is 71.9 Å². The molecule has 0 bridgehead atoms. The number of H-pyrrole nitrogens is 1. The molecule has 3 rings (SSSR count). The van der Waals surface area contributed by atoms with Gasteiger partial charge < -0.3 is 31.8 Å². The van der Waals surface area contributed by atoms with Crippen LogP contribution >= 0.6 is 0 Å². The standard InChI is InChI=1S/C32H43N5O5/c1-5-20(4)28(33)31(40)36-25(15-19(2)3)29(38)35-26(16-21-11-7-6-8-12-21)30(39)37-27(32(41)42)17-22-18-34-24-14-10-9-13-23(22)24/h6-14,18-20,25-28,34H,5,15-17,33H2,1-4H3,(H,35,38)(H,36,40)(H,37,39)(H,41,42)/t20-,25-,26-,27-,28-/m0/s1. The predicted octanol–water partition coefficient (Wildman–Crippen LogP) is 2.91. The maximum atomic E-state index is 13.6. The third kappa shape index (κ3) is 8.91. The molecule has 1 heterocycles. The van der Waals surface area contributed by atoms with Gasteiger partial charge in [-0.1, -0.05) is 82.6 Å². The summed E-state index contributed by atoms with van der Waals surface area (Å²) in [5.74, 6) is -2.80. The van der Waals surface area contributed by atoms with Crippen LogP contribution in [0.2, 0.25) is 0 Å². The quantitative estimate of drug-likeness (QED) is 0.162. The van der Waals surface area contributed by atoms with E-state index in [9.17, 15) is 24.3 Å². The van der Waals surface area contributed by atoms with Crippen molar-refractivity contribution < 1.29 is 24.3 Å². The summed E-state index contributed by atoms with van der Waals surface area (Å²) in [6.07, 6.45) is 2.96. The zero-order valence-corrected chi connectivity index (χ0v) is 24.7. The van der Waals surface area contributed by atoms with Crippen molar-refractivity contribution in [2.75, 3.05) is 0 Å². The molecule has 0 aliphatic heterocycles. The molecule has 0 aliphatic rings. The molecule has 3 aromatic rings. The van der Waals surface area contributed by atoms with Gasteiger partial charge in [0.1, 0.15) is 18.1 Å². The van der Waals surface area contributed by atoms with Gasteiger partial charge in [-0.25, -0.2) is 4.79 Å². The fourth-order valence-corrected chi connectivity index (χ4v) is 4.81. The zero-order valence-electron chi connectivity index (χ0n) is 24.7. The highest BCUT2D eigenvalue weighted by Crippen LogP contribution is 2.19. The molecule has 0 saturated carbocycles. The minimum atomic E-state index is -1.23. The summed E-state index contributed by atoms with van der Waals surface area (Å²) in [5.41, 5.74) is 8.51. The van der Waals surface area contributed by atoms with Crippen molar-refractivity contribution in [1.29, 1.82) is 0 Å². The van der Waals surface area contributed by atoms with Gasteiger partial charge >= 0.3 is 5.97 Å². The number of hydrogen-bond donors (Lipinski definition) is 6. The largest absolute Gasteiger partial charge is 0.480 e. The highest BCUT2D eigenvalue weighted by atomic mass is 16.4. The molecular weight excluding hydrogens is 534 g/mol. The van der Waals surface area contributed by atoms with Gasteiger partial charge in [0.05, 0.1) is 6.04 Å². The van der Waals surface area contributed by atoms with Crippen LogP contribution in [0.5, 0.6) is 0 Å². The van der Waals surface area contributed by atoms with E-state index in [0.29, 0.717) is 12.8 Å². The second-order valence-corrected chi connectivity index (χ2v) is 11.3. The molecule has 5 atom stereocenters. The van der Waals surface area contributed by atoms with Gasteiger partial charge in [0.2, 0.25) is 17.7 Å². The maximum Gasteiger partial charge on any atom is 0.326 e. The van der Waals surface area contributed by atoms with E-state index in [2.05, 4.69) is 20.9 Å². The summed E-state index contributed by atoms with van der Waals surface area (Å²) >= 11 is 0. The number of para-hydroxylation sites is 1. The number of nitrogens with two attached hydrogens (primary N) is 1. The smallest absolute Gasteiger partial charge is 0.326 e. The van der Waals surface area contributed by atoms with Crippen LogP contribution in [0.15, 0.2) is 60.8 Å². The van der Waals surface area contributed by atoms with Crippen molar-refractivity contribution in [3.8, 4) is 0 Å². The summed E-state index contributed by atoms with van der Waals surface area (Å²) in [4.78, 5) is 55.3. The minimum absolute atomic E-state index is 0.0522. The lowest BCUT2D eigenvalue weighted by Gasteiger charge is -2.27. The second-order valence-electron chi connectivity index (χ2n) is 11.3. The number of hydrogen-bond acceptors (Lipinski definition) is 5. The number of aromatic nitrogens is 1. The van der Waals surface area contributed by atoms with Crippen LogP contribution in [0.4, 0.5) is 0 Å². The number of carbonyl (C=O) groups is 4. The van der Waals surface area contributed by atoms with E-state index in [0.717, 1.165) is 22.0 Å². The highest BCUT2D eigenvalue weighted by Gasteiger charge is 2.32. The summed E-state index contributed by atoms with van der Waals surface area (Å²) in [6, 6.07) is 12.6. The van der Waals surface area contributed by atoms with Crippen LogP contribution in [0, 0.1) is 11.8 Å². The number of aromatic amines is 1. The van der Waals surface area contributed by atoms with Gasteiger partial charge in [-0.05, 0) is 35.4 Å². The Balaban J connectivity index is 1.81. The Morgan fingerprint density at radius 3 is 2.05 bits per heavy atom. The van der Waals surface area contributed by atoms with Crippen LogP contribution in [-0.2, 0) is 32.0 Å². The number of carbonyl (C=O) groups excluding carboxylic acids is 3. The first-order valence-electron chi connectivity index (χ1n) is 14.5. The van der Waals surface area contributed by atoms with Gasteiger partial charge in [0.15, 0.2) is 0 Å². The normalized spacial score (nSPS) is 14.9. The number of amides is 3. The van der Waals surface area contributed by atoms with E-state index in [-0.39, 0.29) is 24.7 Å². The summed E-state index contributed by atoms with van der Waals surface area (Å²) in [7, 11) is 0. The topological polar surface area (TPSA) is 166 Å². The van der Waals surface area contributed by atoms with Crippen molar-refractivity contribution in [2.45, 2.75) is 77.5 Å². The lowest BCUT2D eigenvalue weighted by molar-refractivity contribution is -0.142. The Kier molecular flexibility index (Phi) is 11.7. The first-order valence-corrected chi connectivity index (χ1v) is 14.5. The Morgan fingerprint density at radius 1 is 0.810 bits per heavy atom. The molecule has 0 saturated heterocycles. The van der Waals surface area contributed by atoms with E-state index in [1.165, 1.54) is 0 Å². The molecular formula is C32H43N5O5. The number of carboxylic acids is 1. The number of fused-ring (bicyclic) bond motifs is 1. The molecule has 7 N–H and O–H groups in total. The number of nitrogens with one attached hydrogen (secondary N) is 4. The molecule has 0 aliphatic carbocycles. The van der Waals surface area contributed by atoms with E-state index >= 15 is 0 Å². The Hall–Kier alpha value is -4.18. The van der Waals surface area contributed by atoms with Crippen molar-refractivity contribution in [3.63, 3.8) is 0 Å². The summed E-state index contributed by atoms with van der Waals surface area (Å²) in [5, 5.41) is 19.0. The lowest BCUT2D eigenvalue weighted by atomic mass is 9.97. The third-order valence-corrected chi connectivity index (χ3v) is 7.53. The lowest BCUT2D eigenvalue weighted by Crippen LogP contribution is -2.58. The fraction of sp³-hybridized carbons (Fsp3) is 0.438. The van der Waals surface area contributed by atoms with Crippen LogP contribution < -0.4 is 21.7 Å². The van der Waals surface area contributed by atoms with Crippen LogP contribution in [0.3, 0.4) is 0 Å². The van der Waals surface area contributed by atoms with Crippen LogP contribution in [0.1, 0.15) is 51.7 Å². The number of benzene rings is 2. The molecule has 10 nitrogen and oxygen atoms in total. The second kappa shape index (κ2) is 15.2. The van der Waals surface area contributed by atoms with E-state index < -0.39 is 47.9 Å². The molecule has 0 fully saturated rings. The number of carboxylic acid groups (broad SMARTS) is 1. The van der Waals surface area contributed by atoms with Crippen LogP contribution in [-0.4, -0.2) is 57.9 Å². The van der Waals surface area contributed by atoms with E-state index in [1.54, 1.807) is 6.20 Å². The SMILES string of the molecule is CC[C@H](C)[C@H](N)C(=O)N[C@@H](CC(C)C)C(=O)N[C@@H](Cc1ccccc1)C(=O)N[C@@H](Cc1c[nH]c2ccccc12)C(=O)O. The molecule has 0 spiro atoms. The predicted molar refractivity (Wildman–Crippen MR) is 162 cm³/mol. The zero-order chi connectivity index (χ0) is 30.8. The average Bonchev–Trinajstić information content (AvgIpc) is 3.38. The maximum absolute atomic E-state index is 13.6. The van der Waals surface area contributed by atoms with Gasteiger partial charge in [0.25, 0.3) is 0 Å². The highest BCUT2D eigenvalue weighted by molar-refractivity contribution is 5.94. The number of aliphatic carboxylic acids is 1. The monoisotopic (exact) mass is 577 g/mol. The van der Waals surface area contributed by atoms with Crippen molar-refractivity contribution in [2.24, 2.45) is 17.6 Å². The molecule has 1 aromatic heterocycles. The van der Waals surface area contributed by atoms with E-state index in [4.69, 9.17) is 5.73 Å². The Labute approximate surface area is 246 Å². The first kappa shape index (κ1) is 32.3. The Bertz CT molecular complexity index is 1360. The molecule has 3 amide bonds. The van der Waals surface area contributed by atoms with E-state index in [1.807, 2.05) is 82.3 Å². The number of rotatable bonds is 15. The fourth-order valence-electron chi connectivity index (χ4n) is 4.81. The minimum Gasteiger partial charge on any atom is -0.480 e. The molecule has 42 heavy (non-hydrogen) atoms. The average molecular weight is 578 g/mol. The molecule has 10 heteroatoms. The molecule has 226 valence electrons. The third-order valence-electron chi connectivity index (χ3n) is 7.53. The van der Waals surface area contributed by atoms with Gasteiger partial charge in [-0.15, -0.1) is 0 Å². The summed E-state index contributed by atoms with van der Waals surface area (Å²) in [6.45, 7) is 7.66. The molecule has 0 unspecified atom stereocenters. The molecule has 0 radical (unpaired) electrons. The van der Waals surface area contributed by atoms with Gasteiger partial charge in [-0.2, -0.15) is 0 Å². The molecule has 2 aromatic carbocycles. The Morgan fingerprint density at radius 2 is 1.40 bits per heavy atom.